The van der Waals surface area contributed by atoms with Crippen molar-refractivity contribution in [3.63, 3.8) is 0 Å². The normalized spacial score (nSPS) is 19.5. The van der Waals surface area contributed by atoms with Gasteiger partial charge in [-0.2, -0.15) is 0 Å². The van der Waals surface area contributed by atoms with Gasteiger partial charge in [0, 0.05) is 50.2 Å². The highest BCUT2D eigenvalue weighted by atomic mass is 16.5. The van der Waals surface area contributed by atoms with Crippen LogP contribution < -0.4 is 10.9 Å². The summed E-state index contributed by atoms with van der Waals surface area (Å²) < 4.78 is 5.39. The van der Waals surface area contributed by atoms with Crippen molar-refractivity contribution in [1.29, 1.82) is 0 Å². The maximum Gasteiger partial charge on any atom is 0.251 e. The number of hydrogen-bond acceptors (Lipinski definition) is 7. The van der Waals surface area contributed by atoms with Gasteiger partial charge in [0.25, 0.3) is 5.56 Å². The fraction of sp³-hybridized carbons (Fsp3) is 0.480. The van der Waals surface area contributed by atoms with Gasteiger partial charge in [0.05, 0.1) is 29.9 Å². The third-order valence-corrected chi connectivity index (χ3v) is 6.80. The molecule has 0 amide bonds. The van der Waals surface area contributed by atoms with E-state index in [1.807, 2.05) is 26.2 Å². The van der Waals surface area contributed by atoms with Gasteiger partial charge in [0.15, 0.2) is 0 Å². The maximum atomic E-state index is 12.1. The Morgan fingerprint density at radius 1 is 1.30 bits per heavy atom. The number of aryl methyl sites for hydroxylation is 1. The van der Waals surface area contributed by atoms with Crippen LogP contribution in [0.4, 0.5) is 0 Å². The van der Waals surface area contributed by atoms with E-state index in [0.717, 1.165) is 60.6 Å². The number of aliphatic imine (C=N–C) groups is 1. The Morgan fingerprint density at radius 2 is 2.06 bits per heavy atom. The fourth-order valence-corrected chi connectivity index (χ4v) is 4.43. The number of H-pyrrole nitrogens is 1. The molecule has 8 nitrogen and oxygen atoms in total. The van der Waals surface area contributed by atoms with E-state index in [1.54, 1.807) is 0 Å². The van der Waals surface area contributed by atoms with Gasteiger partial charge in [-0.05, 0) is 57.0 Å². The SMILES string of the molecule is C=N/C(=C\C=C(/C)N1CCN(Cc2cnc3cc(CC)c(=O)[nH]c3c2)CC1)C1(NC)COC1. The maximum absolute atomic E-state index is 12.1. The Balaban J connectivity index is 1.36. The van der Waals surface area contributed by atoms with Crippen molar-refractivity contribution >= 4 is 17.8 Å². The first-order valence-corrected chi connectivity index (χ1v) is 11.6. The molecule has 2 saturated heterocycles. The van der Waals surface area contributed by atoms with Crippen molar-refractivity contribution in [2.45, 2.75) is 32.4 Å². The summed E-state index contributed by atoms with van der Waals surface area (Å²) in [6.07, 6.45) is 6.82. The lowest BCUT2D eigenvalue weighted by Gasteiger charge is -2.41. The molecule has 0 spiro atoms. The molecule has 2 aliphatic heterocycles. The molecule has 4 heterocycles. The molecule has 2 aromatic rings. The van der Waals surface area contributed by atoms with E-state index < -0.39 is 0 Å². The Bertz CT molecular complexity index is 1120. The van der Waals surface area contributed by atoms with E-state index in [1.165, 1.54) is 5.70 Å². The van der Waals surface area contributed by atoms with Gasteiger partial charge in [0.1, 0.15) is 5.54 Å². The number of rotatable bonds is 8. The van der Waals surface area contributed by atoms with E-state index in [9.17, 15) is 4.79 Å². The molecule has 2 aromatic heterocycles. The Hall–Kier alpha value is -2.81. The monoisotopic (exact) mass is 450 g/mol. The van der Waals surface area contributed by atoms with E-state index in [0.29, 0.717) is 19.6 Å². The van der Waals surface area contributed by atoms with Gasteiger partial charge in [-0.15, -0.1) is 0 Å². The van der Waals surface area contributed by atoms with Crippen molar-refractivity contribution in [2.24, 2.45) is 4.99 Å². The molecule has 0 atom stereocenters. The zero-order chi connectivity index (χ0) is 23.4. The van der Waals surface area contributed by atoms with Crippen LogP contribution in [-0.2, 0) is 17.7 Å². The molecule has 8 heteroatoms. The quantitative estimate of drug-likeness (QED) is 0.473. The molecule has 0 radical (unpaired) electrons. The first-order valence-electron chi connectivity index (χ1n) is 11.6. The molecule has 0 saturated carbocycles. The molecule has 0 bridgehead atoms. The summed E-state index contributed by atoms with van der Waals surface area (Å²) in [5.41, 5.74) is 5.45. The smallest absolute Gasteiger partial charge is 0.251 e. The van der Waals surface area contributed by atoms with Crippen molar-refractivity contribution in [2.75, 3.05) is 46.4 Å². The van der Waals surface area contributed by atoms with Crippen molar-refractivity contribution in [1.82, 2.24) is 25.1 Å². The van der Waals surface area contributed by atoms with E-state index in [2.05, 4.69) is 61.9 Å². The zero-order valence-corrected chi connectivity index (χ0v) is 19.9. The molecular weight excluding hydrogens is 416 g/mol. The highest BCUT2D eigenvalue weighted by Gasteiger charge is 2.40. The minimum absolute atomic E-state index is 0.0193. The van der Waals surface area contributed by atoms with Gasteiger partial charge in [-0.25, -0.2) is 0 Å². The highest BCUT2D eigenvalue weighted by molar-refractivity contribution is 5.74. The van der Waals surface area contributed by atoms with Crippen LogP contribution in [0.3, 0.4) is 0 Å². The van der Waals surface area contributed by atoms with Crippen LogP contribution in [0.25, 0.3) is 11.0 Å². The van der Waals surface area contributed by atoms with Crippen LogP contribution in [0.1, 0.15) is 25.0 Å². The summed E-state index contributed by atoms with van der Waals surface area (Å²) in [7, 11) is 1.93. The second kappa shape index (κ2) is 9.99. The molecular formula is C25H34N6O2. The lowest BCUT2D eigenvalue weighted by molar-refractivity contribution is -0.0507. The zero-order valence-electron chi connectivity index (χ0n) is 19.9. The number of nitrogens with zero attached hydrogens (tertiary/aromatic N) is 4. The molecule has 176 valence electrons. The number of aromatic nitrogens is 2. The predicted molar refractivity (Wildman–Crippen MR) is 133 cm³/mol. The number of aromatic amines is 1. The number of fused-ring (bicyclic) bond motifs is 1. The van der Waals surface area contributed by atoms with Gasteiger partial charge >= 0.3 is 0 Å². The largest absolute Gasteiger partial charge is 0.377 e. The Kier molecular flexibility index (Phi) is 7.07. The minimum Gasteiger partial charge on any atom is -0.377 e. The molecule has 2 fully saturated rings. The molecule has 0 unspecified atom stereocenters. The average Bonchev–Trinajstić information content (AvgIpc) is 2.80. The number of pyridine rings is 2. The second-order valence-electron chi connectivity index (χ2n) is 8.86. The average molecular weight is 451 g/mol. The molecule has 33 heavy (non-hydrogen) atoms. The number of likely N-dealkylation sites (N-methyl/N-ethyl adjacent to an activating group) is 1. The summed E-state index contributed by atoms with van der Waals surface area (Å²) >= 11 is 0. The fourth-order valence-electron chi connectivity index (χ4n) is 4.43. The Labute approximate surface area is 195 Å². The number of allylic oxidation sites excluding steroid dienone is 3. The predicted octanol–water partition coefficient (Wildman–Crippen LogP) is 2.08. The first-order chi connectivity index (χ1) is 16.0. The van der Waals surface area contributed by atoms with Crippen molar-refractivity contribution in [3.8, 4) is 0 Å². The van der Waals surface area contributed by atoms with Crippen molar-refractivity contribution in [3.05, 3.63) is 63.4 Å². The summed E-state index contributed by atoms with van der Waals surface area (Å²) in [4.78, 5) is 28.8. The third kappa shape index (κ3) is 4.93. The highest BCUT2D eigenvalue weighted by Crippen LogP contribution is 2.26. The summed E-state index contributed by atoms with van der Waals surface area (Å²) in [5.74, 6) is 0. The van der Waals surface area contributed by atoms with Gasteiger partial charge in [-0.3, -0.25) is 19.7 Å². The minimum atomic E-state index is -0.215. The first kappa shape index (κ1) is 23.4. The summed E-state index contributed by atoms with van der Waals surface area (Å²) in [6.45, 7) is 13.8. The Morgan fingerprint density at radius 3 is 2.67 bits per heavy atom. The molecule has 2 aliphatic rings. The summed E-state index contributed by atoms with van der Waals surface area (Å²) in [6, 6.07) is 3.95. The number of piperazine rings is 1. The number of ether oxygens (including phenoxy) is 1. The van der Waals surface area contributed by atoms with Crippen LogP contribution in [0.15, 0.2) is 51.7 Å². The third-order valence-electron chi connectivity index (χ3n) is 6.80. The molecule has 2 N–H and O–H groups in total. The van der Waals surface area contributed by atoms with Gasteiger partial charge < -0.3 is 19.9 Å². The summed E-state index contributed by atoms with van der Waals surface area (Å²) in [5, 5.41) is 3.32. The van der Waals surface area contributed by atoms with Gasteiger partial charge in [0.2, 0.25) is 0 Å². The standard InChI is InChI=1S/C25H34N6O2/c1-5-20-13-21-22(29-24(20)32)12-19(14-28-21)15-30-8-10-31(11-9-30)18(2)6-7-23(26-3)25(27-4)16-33-17-25/h6-7,12-14,27H,3,5,8-11,15-17H2,1-2,4H3,(H,29,32)/b18-6+,23-7-. The second-order valence-corrected chi connectivity index (χ2v) is 8.86. The number of hydrogen-bond donors (Lipinski definition) is 2. The van der Waals surface area contributed by atoms with Crippen LogP contribution in [0, 0.1) is 0 Å². The topological polar surface area (TPSA) is 85.9 Å². The van der Waals surface area contributed by atoms with Crippen molar-refractivity contribution < 1.29 is 4.74 Å². The van der Waals surface area contributed by atoms with Crippen LogP contribution in [0.5, 0.6) is 0 Å². The van der Waals surface area contributed by atoms with Gasteiger partial charge in [-0.1, -0.05) is 6.92 Å². The van der Waals surface area contributed by atoms with Crippen LogP contribution in [0.2, 0.25) is 0 Å². The van der Waals surface area contributed by atoms with Crippen LogP contribution in [-0.4, -0.2) is 78.5 Å². The van der Waals surface area contributed by atoms with E-state index in [4.69, 9.17) is 4.74 Å². The van der Waals surface area contributed by atoms with E-state index >= 15 is 0 Å². The lowest BCUT2D eigenvalue weighted by atomic mass is 9.93. The molecule has 0 aromatic carbocycles. The lowest BCUT2D eigenvalue weighted by Crippen LogP contribution is -2.60. The van der Waals surface area contributed by atoms with E-state index in [-0.39, 0.29) is 11.1 Å². The number of nitrogens with one attached hydrogen (secondary N) is 2. The van der Waals surface area contributed by atoms with Crippen LogP contribution >= 0.6 is 0 Å². The molecule has 0 aliphatic carbocycles. The molecule has 4 rings (SSSR count).